The van der Waals surface area contributed by atoms with Gasteiger partial charge >= 0.3 is 0 Å². The summed E-state index contributed by atoms with van der Waals surface area (Å²) in [6, 6.07) is 13.1. The smallest absolute Gasteiger partial charge is 0.159 e. The topological polar surface area (TPSA) is 58.9 Å². The molecule has 0 bridgehead atoms. The summed E-state index contributed by atoms with van der Waals surface area (Å²) in [5, 5.41) is 18.4. The Balaban J connectivity index is 1.62. The molecule has 20 heavy (non-hydrogen) atoms. The lowest BCUT2D eigenvalue weighted by molar-refractivity contribution is 0.160. The van der Waals surface area contributed by atoms with E-state index < -0.39 is 0 Å². The van der Waals surface area contributed by atoms with Gasteiger partial charge in [-0.1, -0.05) is 0 Å². The number of rotatable bonds is 4. The first-order chi connectivity index (χ1) is 9.70. The largest absolute Gasteiger partial charge is 0.508 e. The maximum absolute atomic E-state index is 9.22. The highest BCUT2D eigenvalue weighted by Crippen LogP contribution is 2.29. The number of hydrogen-bond donors (Lipinski definition) is 2. The molecular formula is C16H14O4. The van der Waals surface area contributed by atoms with Gasteiger partial charge in [0.15, 0.2) is 6.10 Å². The van der Waals surface area contributed by atoms with Gasteiger partial charge in [0.1, 0.15) is 28.8 Å². The number of ether oxygens (including phenoxy) is 2. The van der Waals surface area contributed by atoms with E-state index in [1.165, 1.54) is 0 Å². The van der Waals surface area contributed by atoms with Crippen LogP contribution < -0.4 is 9.47 Å². The number of aromatic hydroxyl groups is 2. The van der Waals surface area contributed by atoms with Crippen molar-refractivity contribution >= 4 is 0 Å². The minimum atomic E-state index is -0.117. The molecule has 4 nitrogen and oxygen atoms in total. The second-order valence-electron chi connectivity index (χ2n) is 4.54. The summed E-state index contributed by atoms with van der Waals surface area (Å²) in [4.78, 5) is 0. The molecule has 2 N–H and O–H groups in total. The Morgan fingerprint density at radius 1 is 0.800 bits per heavy atom. The highest BCUT2D eigenvalue weighted by molar-refractivity contribution is 5.34. The number of phenolic OH excluding ortho intramolecular Hbond substituents is 2. The molecule has 102 valence electrons. The van der Waals surface area contributed by atoms with Gasteiger partial charge in [0.2, 0.25) is 0 Å². The molecule has 2 aromatic carbocycles. The van der Waals surface area contributed by atoms with Crippen molar-refractivity contribution in [2.75, 3.05) is 0 Å². The molecule has 0 aromatic heterocycles. The van der Waals surface area contributed by atoms with Crippen LogP contribution in [0.1, 0.15) is 6.42 Å². The molecule has 2 aromatic rings. The summed E-state index contributed by atoms with van der Waals surface area (Å²) < 4.78 is 11.4. The van der Waals surface area contributed by atoms with Crippen LogP contribution >= 0.6 is 0 Å². The van der Waals surface area contributed by atoms with Crippen LogP contribution in [0.3, 0.4) is 0 Å². The summed E-state index contributed by atoms with van der Waals surface area (Å²) in [5.74, 6) is 2.52. The van der Waals surface area contributed by atoms with Crippen LogP contribution in [0.5, 0.6) is 23.0 Å². The molecule has 0 saturated carbocycles. The number of phenols is 2. The zero-order valence-electron chi connectivity index (χ0n) is 10.7. The minimum Gasteiger partial charge on any atom is -0.508 e. The van der Waals surface area contributed by atoms with Gasteiger partial charge in [0.25, 0.3) is 0 Å². The van der Waals surface area contributed by atoms with Gasteiger partial charge in [0.05, 0.1) is 0 Å². The molecule has 1 atom stereocenters. The Morgan fingerprint density at radius 2 is 1.35 bits per heavy atom. The van der Waals surface area contributed by atoms with E-state index in [2.05, 4.69) is 0 Å². The van der Waals surface area contributed by atoms with Crippen LogP contribution in [-0.4, -0.2) is 16.3 Å². The first kappa shape index (κ1) is 12.4. The van der Waals surface area contributed by atoms with Gasteiger partial charge in [-0.05, 0) is 54.6 Å². The van der Waals surface area contributed by atoms with E-state index in [1.54, 1.807) is 48.5 Å². The summed E-state index contributed by atoms with van der Waals surface area (Å²) in [6.07, 6.45) is 2.63. The number of benzene rings is 2. The predicted octanol–water partition coefficient (Wildman–Crippen LogP) is 3.21. The molecule has 4 heteroatoms. The Morgan fingerprint density at radius 3 is 1.85 bits per heavy atom. The Kier molecular flexibility index (Phi) is 3.21. The van der Waals surface area contributed by atoms with Crippen molar-refractivity contribution in [3.63, 3.8) is 0 Å². The Labute approximate surface area is 116 Å². The SMILES string of the molecule is Oc1ccc(OC2=CC[C@@H]2Oc2ccc(O)cc2)cc1. The zero-order valence-corrected chi connectivity index (χ0v) is 10.7. The van der Waals surface area contributed by atoms with Gasteiger partial charge < -0.3 is 19.7 Å². The van der Waals surface area contributed by atoms with Gasteiger partial charge in [-0.25, -0.2) is 0 Å². The van der Waals surface area contributed by atoms with E-state index in [9.17, 15) is 10.2 Å². The van der Waals surface area contributed by atoms with Crippen molar-refractivity contribution in [1.82, 2.24) is 0 Å². The minimum absolute atomic E-state index is 0.117. The molecule has 0 saturated heterocycles. The molecule has 0 amide bonds. The molecule has 0 heterocycles. The maximum Gasteiger partial charge on any atom is 0.159 e. The van der Waals surface area contributed by atoms with E-state index in [4.69, 9.17) is 9.47 Å². The third-order valence-corrected chi connectivity index (χ3v) is 3.04. The fraction of sp³-hybridized carbons (Fsp3) is 0.125. The fourth-order valence-electron chi connectivity index (χ4n) is 1.86. The average molecular weight is 270 g/mol. The second kappa shape index (κ2) is 5.17. The van der Waals surface area contributed by atoms with Crippen molar-refractivity contribution in [1.29, 1.82) is 0 Å². The van der Waals surface area contributed by atoms with E-state index in [0.29, 0.717) is 11.5 Å². The molecule has 1 aliphatic carbocycles. The Bertz CT molecular complexity index is 614. The lowest BCUT2D eigenvalue weighted by Crippen LogP contribution is -2.29. The molecule has 1 aliphatic rings. The van der Waals surface area contributed by atoms with E-state index in [-0.39, 0.29) is 17.6 Å². The van der Waals surface area contributed by atoms with Crippen molar-refractivity contribution in [3.8, 4) is 23.0 Å². The second-order valence-corrected chi connectivity index (χ2v) is 4.54. The molecule has 0 aliphatic heterocycles. The standard InChI is InChI=1S/C16H14O4/c17-11-1-5-13(6-2-11)19-15-9-10-16(15)20-14-7-3-12(18)4-8-14/h1-9,16-18H,10H2/t16-/m0/s1. The van der Waals surface area contributed by atoms with E-state index in [1.807, 2.05) is 6.08 Å². The summed E-state index contributed by atoms with van der Waals surface area (Å²) >= 11 is 0. The monoisotopic (exact) mass is 270 g/mol. The fourth-order valence-corrected chi connectivity index (χ4v) is 1.86. The maximum atomic E-state index is 9.22. The number of hydrogen-bond acceptors (Lipinski definition) is 4. The quantitative estimate of drug-likeness (QED) is 0.895. The first-order valence-corrected chi connectivity index (χ1v) is 6.33. The van der Waals surface area contributed by atoms with Gasteiger partial charge in [-0.2, -0.15) is 0 Å². The first-order valence-electron chi connectivity index (χ1n) is 6.33. The van der Waals surface area contributed by atoms with E-state index in [0.717, 1.165) is 12.2 Å². The third kappa shape index (κ3) is 2.69. The average Bonchev–Trinajstić information content (AvgIpc) is 2.45. The van der Waals surface area contributed by atoms with Crippen LogP contribution in [0.4, 0.5) is 0 Å². The molecular weight excluding hydrogens is 256 g/mol. The zero-order chi connectivity index (χ0) is 13.9. The van der Waals surface area contributed by atoms with Crippen molar-refractivity contribution in [2.24, 2.45) is 0 Å². The summed E-state index contributed by atoms with van der Waals surface area (Å²) in [5.41, 5.74) is 0. The Hall–Kier alpha value is -2.62. The third-order valence-electron chi connectivity index (χ3n) is 3.04. The summed E-state index contributed by atoms with van der Waals surface area (Å²) in [6.45, 7) is 0. The molecule has 0 radical (unpaired) electrons. The highest BCUT2D eigenvalue weighted by Gasteiger charge is 2.25. The van der Waals surface area contributed by atoms with Crippen LogP contribution in [0, 0.1) is 0 Å². The molecule has 0 fully saturated rings. The van der Waals surface area contributed by atoms with Gasteiger partial charge in [-0.3, -0.25) is 0 Å². The van der Waals surface area contributed by atoms with Gasteiger partial charge in [-0.15, -0.1) is 0 Å². The van der Waals surface area contributed by atoms with Crippen molar-refractivity contribution in [3.05, 3.63) is 60.4 Å². The van der Waals surface area contributed by atoms with Crippen LogP contribution in [-0.2, 0) is 0 Å². The predicted molar refractivity (Wildman–Crippen MR) is 74.0 cm³/mol. The molecule has 3 rings (SSSR count). The van der Waals surface area contributed by atoms with Gasteiger partial charge in [0, 0.05) is 6.42 Å². The van der Waals surface area contributed by atoms with Crippen molar-refractivity contribution in [2.45, 2.75) is 12.5 Å². The van der Waals surface area contributed by atoms with Crippen LogP contribution in [0.2, 0.25) is 0 Å². The summed E-state index contributed by atoms with van der Waals surface area (Å²) in [7, 11) is 0. The van der Waals surface area contributed by atoms with E-state index >= 15 is 0 Å². The normalized spacial score (nSPS) is 17.0. The van der Waals surface area contributed by atoms with Crippen LogP contribution in [0.25, 0.3) is 0 Å². The molecule has 0 spiro atoms. The highest BCUT2D eigenvalue weighted by atomic mass is 16.5. The lowest BCUT2D eigenvalue weighted by Gasteiger charge is -2.27. The lowest BCUT2D eigenvalue weighted by atomic mass is 10.0. The van der Waals surface area contributed by atoms with Crippen molar-refractivity contribution < 1.29 is 19.7 Å². The molecule has 0 unspecified atom stereocenters. The van der Waals surface area contributed by atoms with Crippen LogP contribution in [0.15, 0.2) is 60.4 Å².